The number of amides is 3. The first-order valence-electron chi connectivity index (χ1n) is 11.0. The molecule has 1 aromatic carbocycles. The lowest BCUT2D eigenvalue weighted by Gasteiger charge is -2.40. The second kappa shape index (κ2) is 9.16. The van der Waals surface area contributed by atoms with Crippen LogP contribution < -0.4 is 5.32 Å². The predicted octanol–water partition coefficient (Wildman–Crippen LogP) is 2.16. The van der Waals surface area contributed by atoms with Gasteiger partial charge in [0.1, 0.15) is 0 Å². The SMILES string of the molecule is CC(C)CCN1C(N2CCN(Cc3ccc(Br)cc3)CC2)=NC2C1C(=O)NC(=O)N2C. The Bertz CT molecular complexity index is 850. The number of guanidine groups is 1. The highest BCUT2D eigenvalue weighted by Gasteiger charge is 2.49. The quantitative estimate of drug-likeness (QED) is 0.684. The summed E-state index contributed by atoms with van der Waals surface area (Å²) in [6.45, 7) is 9.62. The van der Waals surface area contributed by atoms with Gasteiger partial charge in [-0.2, -0.15) is 0 Å². The van der Waals surface area contributed by atoms with Crippen LogP contribution in [0.4, 0.5) is 4.79 Å². The molecule has 1 aromatic rings. The van der Waals surface area contributed by atoms with Crippen LogP contribution >= 0.6 is 15.9 Å². The Morgan fingerprint density at radius 3 is 2.45 bits per heavy atom. The van der Waals surface area contributed by atoms with Crippen molar-refractivity contribution in [2.75, 3.05) is 39.8 Å². The van der Waals surface area contributed by atoms with Crippen molar-refractivity contribution >= 4 is 33.8 Å². The van der Waals surface area contributed by atoms with E-state index in [1.807, 2.05) is 0 Å². The Kier molecular flexibility index (Phi) is 6.52. The molecule has 0 saturated carbocycles. The molecule has 0 radical (unpaired) electrons. The first-order chi connectivity index (χ1) is 14.8. The van der Waals surface area contributed by atoms with Gasteiger partial charge in [-0.15, -0.1) is 0 Å². The lowest BCUT2D eigenvalue weighted by atomic mass is 10.1. The molecule has 2 saturated heterocycles. The van der Waals surface area contributed by atoms with Gasteiger partial charge < -0.3 is 14.7 Å². The fraction of sp³-hybridized carbons (Fsp3) is 0.591. The van der Waals surface area contributed by atoms with Gasteiger partial charge in [0.25, 0.3) is 5.91 Å². The molecule has 168 valence electrons. The van der Waals surface area contributed by atoms with Crippen molar-refractivity contribution in [3.63, 3.8) is 0 Å². The van der Waals surface area contributed by atoms with Gasteiger partial charge in [0.15, 0.2) is 18.2 Å². The third-order valence-corrected chi connectivity index (χ3v) is 6.79. The topological polar surface area (TPSA) is 71.5 Å². The molecule has 2 fully saturated rings. The summed E-state index contributed by atoms with van der Waals surface area (Å²) in [5, 5.41) is 2.48. The summed E-state index contributed by atoms with van der Waals surface area (Å²) in [6.07, 6.45) is 0.515. The third-order valence-electron chi connectivity index (χ3n) is 6.26. The summed E-state index contributed by atoms with van der Waals surface area (Å²) in [6, 6.07) is 7.64. The van der Waals surface area contributed by atoms with Crippen LogP contribution in [-0.2, 0) is 11.3 Å². The molecule has 2 unspecified atom stereocenters. The number of hydrogen-bond donors (Lipinski definition) is 1. The zero-order chi connectivity index (χ0) is 22.1. The zero-order valence-electron chi connectivity index (χ0n) is 18.4. The van der Waals surface area contributed by atoms with E-state index in [2.05, 4.69) is 74.1 Å². The van der Waals surface area contributed by atoms with Crippen LogP contribution in [0.3, 0.4) is 0 Å². The maximum atomic E-state index is 12.7. The molecule has 3 aliphatic rings. The van der Waals surface area contributed by atoms with Crippen molar-refractivity contribution in [3.8, 4) is 0 Å². The number of nitrogens with one attached hydrogen (secondary N) is 1. The molecule has 2 atom stereocenters. The molecular formula is C22H31BrN6O2. The number of halogens is 1. The molecule has 3 heterocycles. The smallest absolute Gasteiger partial charge is 0.325 e. The maximum Gasteiger partial charge on any atom is 0.325 e. The van der Waals surface area contributed by atoms with Gasteiger partial charge >= 0.3 is 6.03 Å². The summed E-state index contributed by atoms with van der Waals surface area (Å²) < 4.78 is 1.09. The molecule has 1 N–H and O–H groups in total. The normalized spacial score (nSPS) is 24.5. The van der Waals surface area contributed by atoms with Crippen LogP contribution in [0.2, 0.25) is 0 Å². The number of imide groups is 1. The molecule has 9 heteroatoms. The first-order valence-corrected chi connectivity index (χ1v) is 11.8. The van der Waals surface area contributed by atoms with Crippen LogP contribution in [0.25, 0.3) is 0 Å². The predicted molar refractivity (Wildman–Crippen MR) is 123 cm³/mol. The lowest BCUT2D eigenvalue weighted by molar-refractivity contribution is -0.127. The minimum Gasteiger partial charge on any atom is -0.340 e. The minimum absolute atomic E-state index is 0.246. The van der Waals surface area contributed by atoms with Gasteiger partial charge in [-0.25, -0.2) is 9.79 Å². The van der Waals surface area contributed by atoms with Gasteiger partial charge in [0.2, 0.25) is 0 Å². The highest BCUT2D eigenvalue weighted by molar-refractivity contribution is 9.10. The van der Waals surface area contributed by atoms with E-state index in [4.69, 9.17) is 4.99 Å². The largest absolute Gasteiger partial charge is 0.340 e. The number of urea groups is 1. The Hall–Kier alpha value is -2.13. The van der Waals surface area contributed by atoms with Crippen LogP contribution in [-0.4, -0.2) is 89.5 Å². The van der Waals surface area contributed by atoms with Crippen LogP contribution in [0.15, 0.2) is 33.7 Å². The molecule has 3 aliphatic heterocycles. The molecule has 3 amide bonds. The van der Waals surface area contributed by atoms with E-state index >= 15 is 0 Å². The van der Waals surface area contributed by atoms with E-state index in [9.17, 15) is 9.59 Å². The Morgan fingerprint density at radius 1 is 1.13 bits per heavy atom. The molecule has 8 nitrogen and oxygen atoms in total. The summed E-state index contributed by atoms with van der Waals surface area (Å²) in [7, 11) is 1.71. The van der Waals surface area contributed by atoms with Crippen molar-refractivity contribution in [3.05, 3.63) is 34.3 Å². The summed E-state index contributed by atoms with van der Waals surface area (Å²) in [5.74, 6) is 1.13. The number of piperazine rings is 1. The van der Waals surface area contributed by atoms with E-state index < -0.39 is 12.2 Å². The lowest BCUT2D eigenvalue weighted by Crippen LogP contribution is -2.64. The maximum absolute atomic E-state index is 12.7. The number of likely N-dealkylation sites (N-methyl/N-ethyl adjacent to an activating group) is 1. The number of benzene rings is 1. The van der Waals surface area contributed by atoms with Crippen LogP contribution in [0, 0.1) is 5.92 Å². The number of aliphatic imine (C=N–C) groups is 1. The fourth-order valence-corrected chi connectivity index (χ4v) is 4.63. The van der Waals surface area contributed by atoms with E-state index in [-0.39, 0.29) is 11.9 Å². The van der Waals surface area contributed by atoms with Crippen LogP contribution in [0.1, 0.15) is 25.8 Å². The van der Waals surface area contributed by atoms with E-state index in [0.29, 0.717) is 5.92 Å². The monoisotopic (exact) mass is 490 g/mol. The molecule has 4 rings (SSSR count). The highest BCUT2D eigenvalue weighted by atomic mass is 79.9. The fourth-order valence-electron chi connectivity index (χ4n) is 4.37. The number of nitrogens with zero attached hydrogens (tertiary/aromatic N) is 5. The summed E-state index contributed by atoms with van der Waals surface area (Å²) in [4.78, 5) is 38.1. The average Bonchev–Trinajstić information content (AvgIpc) is 3.13. The van der Waals surface area contributed by atoms with E-state index in [1.54, 1.807) is 11.9 Å². The van der Waals surface area contributed by atoms with Crippen LogP contribution in [0.5, 0.6) is 0 Å². The molecule has 31 heavy (non-hydrogen) atoms. The number of carbonyl (C=O) groups is 2. The molecule has 0 bridgehead atoms. The van der Waals surface area contributed by atoms with Crippen molar-refractivity contribution in [1.29, 1.82) is 0 Å². The van der Waals surface area contributed by atoms with Gasteiger partial charge in [0, 0.05) is 50.8 Å². The average molecular weight is 491 g/mol. The molecule has 0 spiro atoms. The van der Waals surface area contributed by atoms with Gasteiger partial charge in [0.05, 0.1) is 0 Å². The zero-order valence-corrected chi connectivity index (χ0v) is 20.0. The van der Waals surface area contributed by atoms with Gasteiger partial charge in [-0.1, -0.05) is 41.9 Å². The van der Waals surface area contributed by atoms with Crippen molar-refractivity contribution in [2.24, 2.45) is 10.9 Å². The Labute approximate surface area is 192 Å². The Balaban J connectivity index is 1.45. The van der Waals surface area contributed by atoms with Crippen molar-refractivity contribution in [2.45, 2.75) is 39.0 Å². The summed E-state index contributed by atoms with van der Waals surface area (Å²) >= 11 is 3.49. The van der Waals surface area contributed by atoms with E-state index in [1.165, 1.54) is 5.56 Å². The number of fused-ring (bicyclic) bond motifs is 1. The third kappa shape index (κ3) is 4.72. The molecule has 0 aliphatic carbocycles. The van der Waals surface area contributed by atoms with Gasteiger partial charge in [-0.3, -0.25) is 15.0 Å². The second-order valence-corrected chi connectivity index (χ2v) is 9.87. The van der Waals surface area contributed by atoms with Crippen molar-refractivity contribution in [1.82, 2.24) is 24.9 Å². The number of hydrogen-bond acceptors (Lipinski definition) is 6. The van der Waals surface area contributed by atoms with Crippen molar-refractivity contribution < 1.29 is 9.59 Å². The highest BCUT2D eigenvalue weighted by Crippen LogP contribution is 2.27. The number of carbonyl (C=O) groups excluding carboxylic acids is 2. The first kappa shape index (κ1) is 22.1. The van der Waals surface area contributed by atoms with E-state index in [0.717, 1.165) is 56.1 Å². The summed E-state index contributed by atoms with van der Waals surface area (Å²) in [5.41, 5.74) is 1.30. The van der Waals surface area contributed by atoms with Gasteiger partial charge in [-0.05, 0) is 30.0 Å². The number of rotatable bonds is 5. The standard InChI is InChI=1S/C22H31BrN6O2/c1-15(2)8-9-29-18-19(26(3)22(31)25-20(18)30)24-21(29)28-12-10-27(11-13-28)14-16-4-6-17(23)7-5-16/h4-7,15,18-19H,8-14H2,1-3H3,(H,25,30,31). The minimum atomic E-state index is -0.454. The molecular weight excluding hydrogens is 460 g/mol. The molecule has 0 aromatic heterocycles. The Morgan fingerprint density at radius 2 is 1.81 bits per heavy atom. The second-order valence-electron chi connectivity index (χ2n) is 8.96.